The van der Waals surface area contributed by atoms with Crippen molar-refractivity contribution in [3.05, 3.63) is 29.8 Å². The zero-order chi connectivity index (χ0) is 12.1. The van der Waals surface area contributed by atoms with Crippen molar-refractivity contribution in [3.8, 4) is 5.75 Å². The molecule has 17 heavy (non-hydrogen) atoms. The molecule has 1 aromatic rings. The van der Waals surface area contributed by atoms with E-state index >= 15 is 0 Å². The standard InChI is InChI=1S/C15H23NO/c1-12(16-2)14-7-9-15(10-8-14)17-11-13-5-3-4-6-13/h7-10,12-13,16H,3-6,11H2,1-2H3. The highest BCUT2D eigenvalue weighted by Gasteiger charge is 2.15. The van der Waals surface area contributed by atoms with Gasteiger partial charge in [-0.2, -0.15) is 0 Å². The summed E-state index contributed by atoms with van der Waals surface area (Å²) in [5.74, 6) is 1.79. The molecular formula is C15H23NO. The second-order valence-corrected chi connectivity index (χ2v) is 5.04. The first-order valence-electron chi connectivity index (χ1n) is 6.69. The molecule has 1 saturated carbocycles. The fraction of sp³-hybridized carbons (Fsp3) is 0.600. The van der Waals surface area contributed by atoms with Crippen LogP contribution in [0.25, 0.3) is 0 Å². The summed E-state index contributed by atoms with van der Waals surface area (Å²) in [5, 5.41) is 3.24. The maximum Gasteiger partial charge on any atom is 0.119 e. The predicted octanol–water partition coefficient (Wildman–Crippen LogP) is 3.54. The summed E-state index contributed by atoms with van der Waals surface area (Å²) in [6.07, 6.45) is 5.45. The SMILES string of the molecule is CNC(C)c1ccc(OCC2CCCC2)cc1. The topological polar surface area (TPSA) is 21.3 Å². The Balaban J connectivity index is 1.84. The molecule has 1 N–H and O–H groups in total. The van der Waals surface area contributed by atoms with Gasteiger partial charge < -0.3 is 10.1 Å². The Bertz CT molecular complexity index is 327. The van der Waals surface area contributed by atoms with Gasteiger partial charge in [0.15, 0.2) is 0 Å². The predicted molar refractivity (Wildman–Crippen MR) is 71.4 cm³/mol. The van der Waals surface area contributed by atoms with Gasteiger partial charge in [0.1, 0.15) is 5.75 Å². The smallest absolute Gasteiger partial charge is 0.119 e. The van der Waals surface area contributed by atoms with Crippen LogP contribution >= 0.6 is 0 Å². The zero-order valence-electron chi connectivity index (χ0n) is 10.9. The summed E-state index contributed by atoms with van der Waals surface area (Å²) in [6, 6.07) is 8.85. The molecule has 1 fully saturated rings. The minimum Gasteiger partial charge on any atom is -0.493 e. The molecule has 2 heteroatoms. The van der Waals surface area contributed by atoms with Crippen molar-refractivity contribution in [1.29, 1.82) is 0 Å². The van der Waals surface area contributed by atoms with Gasteiger partial charge in [-0.1, -0.05) is 25.0 Å². The van der Waals surface area contributed by atoms with E-state index in [9.17, 15) is 0 Å². The van der Waals surface area contributed by atoms with E-state index in [-0.39, 0.29) is 0 Å². The van der Waals surface area contributed by atoms with Gasteiger partial charge in [-0.05, 0) is 50.4 Å². The highest BCUT2D eigenvalue weighted by Crippen LogP contribution is 2.26. The van der Waals surface area contributed by atoms with Crippen LogP contribution < -0.4 is 10.1 Å². The summed E-state index contributed by atoms with van der Waals surface area (Å²) in [7, 11) is 1.98. The molecule has 2 rings (SSSR count). The molecule has 2 nitrogen and oxygen atoms in total. The van der Waals surface area contributed by atoms with Crippen molar-refractivity contribution in [2.24, 2.45) is 5.92 Å². The fourth-order valence-corrected chi connectivity index (χ4v) is 2.41. The fourth-order valence-electron chi connectivity index (χ4n) is 2.41. The Labute approximate surface area is 104 Å². The summed E-state index contributed by atoms with van der Waals surface area (Å²) >= 11 is 0. The van der Waals surface area contributed by atoms with Gasteiger partial charge in [0, 0.05) is 6.04 Å². The summed E-state index contributed by atoms with van der Waals surface area (Å²) in [5.41, 5.74) is 1.31. The third kappa shape index (κ3) is 3.47. The lowest BCUT2D eigenvalue weighted by Crippen LogP contribution is -2.12. The van der Waals surface area contributed by atoms with Crippen LogP contribution in [0.5, 0.6) is 5.75 Å². The zero-order valence-corrected chi connectivity index (χ0v) is 10.9. The van der Waals surface area contributed by atoms with E-state index in [2.05, 4.69) is 36.5 Å². The third-order valence-corrected chi connectivity index (χ3v) is 3.77. The maximum absolute atomic E-state index is 5.84. The number of rotatable bonds is 5. The molecule has 1 aliphatic rings. The van der Waals surface area contributed by atoms with E-state index in [1.54, 1.807) is 0 Å². The number of ether oxygens (including phenoxy) is 1. The van der Waals surface area contributed by atoms with Crippen molar-refractivity contribution in [3.63, 3.8) is 0 Å². The van der Waals surface area contributed by atoms with E-state index in [1.807, 2.05) is 7.05 Å². The van der Waals surface area contributed by atoms with Gasteiger partial charge in [-0.25, -0.2) is 0 Å². The minimum absolute atomic E-state index is 0.402. The van der Waals surface area contributed by atoms with Crippen molar-refractivity contribution in [2.75, 3.05) is 13.7 Å². The normalized spacial score (nSPS) is 18.2. The highest BCUT2D eigenvalue weighted by molar-refractivity contribution is 5.28. The molecule has 0 saturated heterocycles. The van der Waals surface area contributed by atoms with Crippen LogP contribution in [0.2, 0.25) is 0 Å². The van der Waals surface area contributed by atoms with E-state index in [0.29, 0.717) is 6.04 Å². The average Bonchev–Trinajstić information content (AvgIpc) is 2.89. The molecule has 94 valence electrons. The molecule has 0 radical (unpaired) electrons. The third-order valence-electron chi connectivity index (χ3n) is 3.77. The van der Waals surface area contributed by atoms with Crippen LogP contribution in [0.1, 0.15) is 44.2 Å². The number of hydrogen-bond acceptors (Lipinski definition) is 2. The first-order valence-corrected chi connectivity index (χ1v) is 6.69. The molecule has 0 heterocycles. The molecule has 1 aliphatic carbocycles. The van der Waals surface area contributed by atoms with Crippen LogP contribution in [-0.4, -0.2) is 13.7 Å². The van der Waals surface area contributed by atoms with Crippen LogP contribution in [0, 0.1) is 5.92 Å². The van der Waals surface area contributed by atoms with E-state index in [1.165, 1.54) is 31.2 Å². The quantitative estimate of drug-likeness (QED) is 0.840. The van der Waals surface area contributed by atoms with Gasteiger partial charge in [0.25, 0.3) is 0 Å². The molecule has 1 atom stereocenters. The molecule has 0 amide bonds. The summed E-state index contributed by atoms with van der Waals surface area (Å²) in [6.45, 7) is 3.05. The average molecular weight is 233 g/mol. The van der Waals surface area contributed by atoms with Gasteiger partial charge in [0.05, 0.1) is 6.61 Å². The maximum atomic E-state index is 5.84. The lowest BCUT2D eigenvalue weighted by Gasteiger charge is -2.13. The van der Waals surface area contributed by atoms with E-state index < -0.39 is 0 Å². The Morgan fingerprint density at radius 1 is 1.24 bits per heavy atom. The number of nitrogens with one attached hydrogen (secondary N) is 1. The largest absolute Gasteiger partial charge is 0.493 e. The van der Waals surface area contributed by atoms with Crippen LogP contribution in [0.15, 0.2) is 24.3 Å². The van der Waals surface area contributed by atoms with Gasteiger partial charge in [-0.15, -0.1) is 0 Å². The Hall–Kier alpha value is -1.02. The lowest BCUT2D eigenvalue weighted by atomic mass is 10.1. The monoisotopic (exact) mass is 233 g/mol. The van der Waals surface area contributed by atoms with Crippen molar-refractivity contribution >= 4 is 0 Å². The molecule has 0 aromatic heterocycles. The Morgan fingerprint density at radius 3 is 2.47 bits per heavy atom. The Morgan fingerprint density at radius 2 is 1.88 bits per heavy atom. The molecule has 0 bridgehead atoms. The highest BCUT2D eigenvalue weighted by atomic mass is 16.5. The molecule has 1 aromatic carbocycles. The summed E-state index contributed by atoms with van der Waals surface area (Å²) in [4.78, 5) is 0. The number of benzene rings is 1. The Kier molecular flexibility index (Phi) is 4.43. The first kappa shape index (κ1) is 12.4. The molecule has 1 unspecified atom stereocenters. The van der Waals surface area contributed by atoms with Crippen LogP contribution in [-0.2, 0) is 0 Å². The second-order valence-electron chi connectivity index (χ2n) is 5.04. The first-order chi connectivity index (χ1) is 8.29. The van der Waals surface area contributed by atoms with Crippen LogP contribution in [0.3, 0.4) is 0 Å². The van der Waals surface area contributed by atoms with Crippen molar-refractivity contribution in [2.45, 2.75) is 38.6 Å². The van der Waals surface area contributed by atoms with Gasteiger partial charge >= 0.3 is 0 Å². The lowest BCUT2D eigenvalue weighted by molar-refractivity contribution is 0.252. The van der Waals surface area contributed by atoms with Crippen molar-refractivity contribution < 1.29 is 4.74 Å². The number of hydrogen-bond donors (Lipinski definition) is 1. The van der Waals surface area contributed by atoms with Crippen molar-refractivity contribution in [1.82, 2.24) is 5.32 Å². The van der Waals surface area contributed by atoms with E-state index in [0.717, 1.165) is 18.3 Å². The second kappa shape index (κ2) is 6.06. The van der Waals surface area contributed by atoms with Crippen LogP contribution in [0.4, 0.5) is 0 Å². The van der Waals surface area contributed by atoms with Gasteiger partial charge in [-0.3, -0.25) is 0 Å². The molecule has 0 spiro atoms. The minimum atomic E-state index is 0.402. The molecule has 0 aliphatic heterocycles. The van der Waals surface area contributed by atoms with E-state index in [4.69, 9.17) is 4.74 Å². The molecular weight excluding hydrogens is 210 g/mol. The van der Waals surface area contributed by atoms with Gasteiger partial charge in [0.2, 0.25) is 0 Å². The summed E-state index contributed by atoms with van der Waals surface area (Å²) < 4.78 is 5.84.